The van der Waals surface area contributed by atoms with Crippen LogP contribution in [0.3, 0.4) is 0 Å². The Morgan fingerprint density at radius 2 is 0.273 bits per heavy atom. The fourth-order valence-corrected chi connectivity index (χ4v) is 18.3. The number of carbonyl (C=O) groups is 6. The lowest BCUT2D eigenvalue weighted by Gasteiger charge is -2.20. The van der Waals surface area contributed by atoms with E-state index in [9.17, 15) is 0 Å². The summed E-state index contributed by atoms with van der Waals surface area (Å²) in [6.07, 6.45) is 0. The molecule has 21 heterocycles. The third-order valence-corrected chi connectivity index (χ3v) is 25.2. The standard InChI is InChI=1S/C120H78O12/c121-115-85-37-25-73(26-38-85)67-127-103-55-49-79-13-1-7-19-97(79)109(103)110-98-20-8-2-14-80(98)50-56-104(110)128-68-74-27-39-86(40-28-74)116(122)92-63-95-66-96(64-92)120(126)90-47-35-78(36-48-90)72-132-108-60-54-84-18-6-12-24-102(84)114(108)112-100-22-10-4-16-82(100)52-58-106(112)130-70-76-31-43-88(44-32-76)118(124)94-62-91(115)61-93(65-94)117(123)87-41-29-75(30-42-87)69-129-105-57-51-81-15-3-9-21-99(81)111(105)113-101-23-11-5-17-83(101)53-59-107(113)131-71-77-33-45-89(46-34-77)119(95)125/h1-66H,67-72H2. The minimum Gasteiger partial charge on any atom is -0.488 e. The van der Waals surface area contributed by atoms with Crippen LogP contribution in [-0.2, 0) is 39.6 Å². The minimum absolute atomic E-state index is 0.0990. The molecule has 12 nitrogen and oxygen atoms in total. The van der Waals surface area contributed by atoms with E-state index in [1.807, 2.05) is 218 Å². The van der Waals surface area contributed by atoms with Gasteiger partial charge in [-0.25, -0.2) is 0 Å². The molecule has 18 bridgehead atoms. The highest BCUT2D eigenvalue weighted by molar-refractivity contribution is 6.20. The second kappa shape index (κ2) is 34.5. The summed E-state index contributed by atoms with van der Waals surface area (Å²) < 4.78 is 41.7. The summed E-state index contributed by atoms with van der Waals surface area (Å²) >= 11 is 0. The Hall–Kier alpha value is -17.2. The molecule has 0 spiro atoms. The number of benzene rings is 20. The van der Waals surface area contributed by atoms with Gasteiger partial charge >= 0.3 is 0 Å². The molecule has 41 rings (SSSR count). The van der Waals surface area contributed by atoms with Crippen LogP contribution in [0.2, 0.25) is 0 Å². The zero-order valence-corrected chi connectivity index (χ0v) is 71.2. The van der Waals surface area contributed by atoms with Crippen molar-refractivity contribution < 1.29 is 57.2 Å². The maximum absolute atomic E-state index is 15.4. The van der Waals surface area contributed by atoms with E-state index in [2.05, 4.69) is 72.8 Å². The molecule has 0 radical (unpaired) electrons. The largest absolute Gasteiger partial charge is 0.488 e. The zero-order valence-electron chi connectivity index (χ0n) is 71.2. The normalized spacial score (nSPS) is 13.3. The van der Waals surface area contributed by atoms with Crippen LogP contribution in [0.25, 0.3) is 98.0 Å². The predicted molar refractivity (Wildman–Crippen MR) is 519 cm³/mol. The molecule has 0 unspecified atom stereocenters. The van der Waals surface area contributed by atoms with E-state index in [4.69, 9.17) is 28.4 Å². The molecular weight excluding hydrogens is 1630 g/mol. The molecule has 20 aromatic carbocycles. The van der Waals surface area contributed by atoms with Crippen LogP contribution in [0.15, 0.2) is 400 Å². The van der Waals surface area contributed by atoms with Crippen molar-refractivity contribution in [1.82, 2.24) is 0 Å². The third kappa shape index (κ3) is 15.6. The van der Waals surface area contributed by atoms with Crippen LogP contribution in [-0.4, -0.2) is 34.7 Å². The second-order valence-electron chi connectivity index (χ2n) is 33.4. The molecule has 0 N–H and O–H groups in total. The third-order valence-electron chi connectivity index (χ3n) is 25.2. The average Bonchev–Trinajstić information content (AvgIpc) is 0.757. The SMILES string of the molecule is O=C1c2ccc(cc2)COc2ccc3ccccc3c2-c2c(ccc3ccccc23)OCc2ccc(cc2)C(=O)c2cc3cc(c2)C(=O)c2ccc(cc2)COc2ccc4ccccc4c2-c2c(ccc4ccccc24)OCc2ccc(cc2)C(=O)c2cc1cc(c2)C(=O)c1ccc(cc1)COc1ccc2ccccc2c1-c1c(ccc2ccccc12)OCc1ccc(cc1)C3=O. The maximum Gasteiger partial charge on any atom is 0.193 e. The number of fused-ring (bicyclic) bond motifs is 6. The molecule has 21 aliphatic heterocycles. The lowest BCUT2D eigenvalue weighted by molar-refractivity contribution is 0.101. The highest BCUT2D eigenvalue weighted by Gasteiger charge is 2.28. The Morgan fingerprint density at radius 1 is 0.136 bits per heavy atom. The number of ether oxygens (including phenoxy) is 6. The van der Waals surface area contributed by atoms with Crippen molar-refractivity contribution in [3.05, 3.63) is 501 Å². The fourth-order valence-electron chi connectivity index (χ4n) is 18.3. The molecule has 0 aliphatic carbocycles. The van der Waals surface area contributed by atoms with Gasteiger partial charge in [-0.1, -0.05) is 328 Å². The van der Waals surface area contributed by atoms with E-state index in [0.29, 0.717) is 67.9 Å². The first-order valence-corrected chi connectivity index (χ1v) is 43.9. The molecule has 20 aromatic rings. The van der Waals surface area contributed by atoms with Crippen molar-refractivity contribution in [3.63, 3.8) is 0 Å². The van der Waals surface area contributed by atoms with E-state index >= 15 is 28.8 Å². The Labute approximate surface area is 759 Å². The van der Waals surface area contributed by atoms with E-state index < -0.39 is 34.7 Å². The van der Waals surface area contributed by atoms with Crippen molar-refractivity contribution >= 4 is 99.3 Å². The molecule has 132 heavy (non-hydrogen) atoms. The van der Waals surface area contributed by atoms with Crippen molar-refractivity contribution in [2.45, 2.75) is 39.6 Å². The highest BCUT2D eigenvalue weighted by Crippen LogP contribution is 2.50. The lowest BCUT2D eigenvalue weighted by Crippen LogP contribution is -2.11. The van der Waals surface area contributed by atoms with Crippen LogP contribution in [0.1, 0.15) is 129 Å². The number of ketones is 6. The van der Waals surface area contributed by atoms with Gasteiger partial charge in [0.15, 0.2) is 34.7 Å². The van der Waals surface area contributed by atoms with Gasteiger partial charge in [-0.15, -0.1) is 0 Å². The number of rotatable bonds is 0. The smallest absolute Gasteiger partial charge is 0.193 e. The van der Waals surface area contributed by atoms with Gasteiger partial charge in [-0.3, -0.25) is 28.8 Å². The first kappa shape index (κ1) is 80.6. The van der Waals surface area contributed by atoms with Gasteiger partial charge in [0.05, 0.1) is 0 Å². The number of hydrogen-bond acceptors (Lipinski definition) is 12. The maximum atomic E-state index is 15.4. The van der Waals surface area contributed by atoms with E-state index in [1.165, 1.54) is 0 Å². The molecule has 0 amide bonds. The summed E-state index contributed by atoms with van der Waals surface area (Å²) in [6.45, 7) is 0.594. The summed E-state index contributed by atoms with van der Waals surface area (Å²) in [6, 6.07) is 125. The monoisotopic (exact) mass is 1710 g/mol. The molecule has 0 fully saturated rings. The van der Waals surface area contributed by atoms with Gasteiger partial charge in [0.25, 0.3) is 0 Å². The van der Waals surface area contributed by atoms with Crippen molar-refractivity contribution in [3.8, 4) is 67.9 Å². The fraction of sp³-hybridized carbons (Fsp3) is 0.0500. The van der Waals surface area contributed by atoms with Crippen LogP contribution in [0, 0.1) is 0 Å². The quantitative estimate of drug-likeness (QED) is 0.142. The summed E-state index contributed by atoms with van der Waals surface area (Å²) in [7, 11) is 0. The van der Waals surface area contributed by atoms with Crippen molar-refractivity contribution in [2.24, 2.45) is 0 Å². The lowest BCUT2D eigenvalue weighted by atomic mass is 9.91. The highest BCUT2D eigenvalue weighted by atomic mass is 16.5. The first-order valence-electron chi connectivity index (χ1n) is 43.9. The predicted octanol–water partition coefficient (Wildman–Crippen LogP) is 27.1. The minimum atomic E-state index is -0.410. The van der Waals surface area contributed by atoms with Gasteiger partial charge in [0.1, 0.15) is 74.1 Å². The second-order valence-corrected chi connectivity index (χ2v) is 33.4. The van der Waals surface area contributed by atoms with Gasteiger partial charge < -0.3 is 28.4 Å². The van der Waals surface area contributed by atoms with Crippen LogP contribution in [0.4, 0.5) is 0 Å². The molecule has 0 saturated heterocycles. The molecular formula is C120H78O12. The zero-order chi connectivity index (χ0) is 88.9. The molecule has 630 valence electrons. The Kier molecular flexibility index (Phi) is 21.1. The van der Waals surface area contributed by atoms with Crippen LogP contribution >= 0.6 is 0 Å². The molecule has 0 atom stereocenters. The van der Waals surface area contributed by atoms with E-state index in [1.54, 1.807) is 109 Å². The van der Waals surface area contributed by atoms with Gasteiger partial charge in [-0.05, 0) is 171 Å². The van der Waals surface area contributed by atoms with Crippen LogP contribution < -0.4 is 28.4 Å². The Balaban J connectivity index is 0.694. The molecule has 12 heteroatoms. The summed E-state index contributed by atoms with van der Waals surface area (Å²) in [5, 5.41) is 11.4. The average molecular weight is 1710 g/mol. The van der Waals surface area contributed by atoms with E-state index in [-0.39, 0.29) is 73.0 Å². The summed E-state index contributed by atoms with van der Waals surface area (Å²) in [4.78, 5) is 92.1. The van der Waals surface area contributed by atoms with Crippen molar-refractivity contribution in [1.29, 1.82) is 0 Å². The number of hydrogen-bond donors (Lipinski definition) is 0. The van der Waals surface area contributed by atoms with Crippen molar-refractivity contribution in [2.75, 3.05) is 0 Å². The molecule has 21 aliphatic rings. The Morgan fingerprint density at radius 3 is 0.417 bits per heavy atom. The topological polar surface area (TPSA) is 158 Å². The van der Waals surface area contributed by atoms with Gasteiger partial charge in [0.2, 0.25) is 0 Å². The van der Waals surface area contributed by atoms with Crippen LogP contribution in [0.5, 0.6) is 34.5 Å². The number of carbonyl (C=O) groups excluding carboxylic acids is 6. The van der Waals surface area contributed by atoms with E-state index in [0.717, 1.165) is 131 Å². The first-order chi connectivity index (χ1) is 64.9. The Bertz CT molecular complexity index is 6840. The molecule has 0 saturated carbocycles. The molecule has 0 aromatic heterocycles. The summed E-state index contributed by atoms with van der Waals surface area (Å²) in [5.41, 5.74) is 12.1. The van der Waals surface area contributed by atoms with Gasteiger partial charge in [0, 0.05) is 100 Å². The van der Waals surface area contributed by atoms with Gasteiger partial charge in [-0.2, -0.15) is 0 Å². The summed E-state index contributed by atoms with van der Waals surface area (Å²) in [5.74, 6) is 1.02.